The van der Waals surface area contributed by atoms with Gasteiger partial charge in [-0.1, -0.05) is 18.2 Å². The third-order valence-electron chi connectivity index (χ3n) is 4.89. The minimum Gasteiger partial charge on any atom is -0.337 e. The second-order valence-corrected chi connectivity index (χ2v) is 6.40. The topological polar surface area (TPSA) is 66.8 Å². The Balaban J connectivity index is 1.64. The van der Waals surface area contributed by atoms with Crippen LogP contribution >= 0.6 is 0 Å². The molecule has 1 saturated heterocycles. The van der Waals surface area contributed by atoms with Gasteiger partial charge in [-0.2, -0.15) is 5.26 Å². The van der Waals surface area contributed by atoms with Crippen LogP contribution in [0.3, 0.4) is 0 Å². The summed E-state index contributed by atoms with van der Waals surface area (Å²) in [6.07, 6.45) is 9.39. The molecule has 6 nitrogen and oxygen atoms in total. The van der Waals surface area contributed by atoms with Crippen molar-refractivity contribution in [2.75, 3.05) is 13.1 Å². The van der Waals surface area contributed by atoms with E-state index < -0.39 is 0 Å². The Labute approximate surface area is 145 Å². The minimum atomic E-state index is 0.0395. The molecular formula is C19H19N5O. The average Bonchev–Trinajstić information content (AvgIpc) is 3.30. The van der Waals surface area contributed by atoms with E-state index in [9.17, 15) is 4.79 Å². The molecule has 0 unspecified atom stereocenters. The highest BCUT2D eigenvalue weighted by Crippen LogP contribution is 2.26. The number of carbonyl (C=O) groups is 1. The van der Waals surface area contributed by atoms with Gasteiger partial charge < -0.3 is 14.0 Å². The van der Waals surface area contributed by atoms with E-state index in [0.29, 0.717) is 12.1 Å². The molecule has 2 aromatic heterocycles. The third kappa shape index (κ3) is 2.78. The Morgan fingerprint density at radius 1 is 1.36 bits per heavy atom. The molecule has 1 atom stereocenters. The van der Waals surface area contributed by atoms with Crippen LogP contribution in [0.4, 0.5) is 0 Å². The number of hydrogen-bond acceptors (Lipinski definition) is 3. The van der Waals surface area contributed by atoms with Crippen molar-refractivity contribution >= 4 is 16.8 Å². The van der Waals surface area contributed by atoms with Gasteiger partial charge in [-0.25, -0.2) is 4.98 Å². The molecule has 0 spiro atoms. The quantitative estimate of drug-likeness (QED) is 0.740. The van der Waals surface area contributed by atoms with Gasteiger partial charge in [0, 0.05) is 42.6 Å². The summed E-state index contributed by atoms with van der Waals surface area (Å²) in [5, 5.41) is 9.95. The van der Waals surface area contributed by atoms with Crippen molar-refractivity contribution in [3.05, 3.63) is 54.7 Å². The lowest BCUT2D eigenvalue weighted by atomic mass is 10.0. The van der Waals surface area contributed by atoms with Gasteiger partial charge in [0.15, 0.2) is 0 Å². The van der Waals surface area contributed by atoms with E-state index in [2.05, 4.69) is 15.6 Å². The normalized spacial score (nSPS) is 17.6. The molecule has 3 aromatic rings. The number of fused-ring (bicyclic) bond motifs is 1. The predicted octanol–water partition coefficient (Wildman–Crippen LogP) is 2.84. The number of rotatable bonds is 3. The fourth-order valence-corrected chi connectivity index (χ4v) is 3.66. The monoisotopic (exact) mass is 333 g/mol. The summed E-state index contributed by atoms with van der Waals surface area (Å²) in [5.41, 5.74) is 1.60. The van der Waals surface area contributed by atoms with E-state index in [1.807, 2.05) is 52.5 Å². The van der Waals surface area contributed by atoms with Crippen molar-refractivity contribution in [3.8, 4) is 6.07 Å². The van der Waals surface area contributed by atoms with Crippen molar-refractivity contribution in [2.24, 2.45) is 0 Å². The number of aromatic nitrogens is 3. The molecule has 6 heteroatoms. The number of nitriles is 1. The van der Waals surface area contributed by atoms with Crippen LogP contribution in [-0.4, -0.2) is 38.0 Å². The van der Waals surface area contributed by atoms with Gasteiger partial charge in [0.25, 0.3) is 5.91 Å². The Kier molecular flexibility index (Phi) is 3.98. The summed E-state index contributed by atoms with van der Waals surface area (Å²) in [4.78, 5) is 19.2. The zero-order valence-electron chi connectivity index (χ0n) is 13.9. The van der Waals surface area contributed by atoms with Crippen LogP contribution in [0.2, 0.25) is 0 Å². The van der Waals surface area contributed by atoms with Crippen LogP contribution in [-0.2, 0) is 6.54 Å². The van der Waals surface area contributed by atoms with Crippen LogP contribution in [0.5, 0.6) is 0 Å². The fraction of sp³-hybridized carbons (Fsp3) is 0.316. The van der Waals surface area contributed by atoms with Gasteiger partial charge in [0.05, 0.1) is 24.0 Å². The molecule has 1 aliphatic rings. The SMILES string of the molecule is N#CCn1cc(C(=O)N2CCC[C@H](n3ccnc3)C2)c2ccccc21. The number of piperidine rings is 1. The molecule has 0 aliphatic carbocycles. The number of nitrogens with zero attached hydrogens (tertiary/aromatic N) is 5. The summed E-state index contributed by atoms with van der Waals surface area (Å²) in [6.45, 7) is 1.69. The first-order valence-corrected chi connectivity index (χ1v) is 8.49. The molecule has 0 bridgehead atoms. The first kappa shape index (κ1) is 15.5. The molecule has 1 aliphatic heterocycles. The molecule has 1 amide bonds. The third-order valence-corrected chi connectivity index (χ3v) is 4.89. The van der Waals surface area contributed by atoms with Crippen LogP contribution < -0.4 is 0 Å². The Bertz CT molecular complexity index is 935. The van der Waals surface area contributed by atoms with Gasteiger partial charge in [0.1, 0.15) is 6.54 Å². The molecule has 0 radical (unpaired) electrons. The van der Waals surface area contributed by atoms with E-state index >= 15 is 0 Å². The maximum atomic E-state index is 13.2. The van der Waals surface area contributed by atoms with Crippen LogP contribution in [0.1, 0.15) is 29.2 Å². The molecule has 0 N–H and O–H groups in total. The van der Waals surface area contributed by atoms with Gasteiger partial charge in [-0.3, -0.25) is 4.79 Å². The van der Waals surface area contributed by atoms with E-state index in [4.69, 9.17) is 5.26 Å². The first-order valence-electron chi connectivity index (χ1n) is 8.49. The van der Waals surface area contributed by atoms with Gasteiger partial charge in [0.2, 0.25) is 0 Å². The number of imidazole rings is 1. The second kappa shape index (κ2) is 6.44. The second-order valence-electron chi connectivity index (χ2n) is 6.40. The van der Waals surface area contributed by atoms with Gasteiger partial charge in [-0.05, 0) is 18.9 Å². The van der Waals surface area contributed by atoms with E-state index in [-0.39, 0.29) is 18.5 Å². The lowest BCUT2D eigenvalue weighted by Crippen LogP contribution is -2.40. The number of carbonyl (C=O) groups excluding carboxylic acids is 1. The highest BCUT2D eigenvalue weighted by atomic mass is 16.2. The fourth-order valence-electron chi connectivity index (χ4n) is 3.66. The highest BCUT2D eigenvalue weighted by molar-refractivity contribution is 6.07. The van der Waals surface area contributed by atoms with E-state index in [1.54, 1.807) is 6.20 Å². The number of hydrogen-bond donors (Lipinski definition) is 0. The van der Waals surface area contributed by atoms with Gasteiger partial charge >= 0.3 is 0 Å². The number of para-hydroxylation sites is 1. The van der Waals surface area contributed by atoms with Crippen LogP contribution in [0.15, 0.2) is 49.2 Å². The molecule has 126 valence electrons. The molecule has 4 rings (SSSR count). The van der Waals surface area contributed by atoms with Crippen molar-refractivity contribution < 1.29 is 4.79 Å². The first-order chi connectivity index (χ1) is 12.3. The number of likely N-dealkylation sites (tertiary alicyclic amines) is 1. The van der Waals surface area contributed by atoms with E-state index in [1.165, 1.54) is 0 Å². The molecule has 1 aromatic carbocycles. The molecule has 3 heterocycles. The maximum Gasteiger partial charge on any atom is 0.256 e. The summed E-state index contributed by atoms with van der Waals surface area (Å²) >= 11 is 0. The molecular weight excluding hydrogens is 314 g/mol. The molecule has 0 saturated carbocycles. The summed E-state index contributed by atoms with van der Waals surface area (Å²) < 4.78 is 3.93. The van der Waals surface area contributed by atoms with Crippen molar-refractivity contribution in [3.63, 3.8) is 0 Å². The summed E-state index contributed by atoms with van der Waals surface area (Å²) in [6, 6.07) is 10.2. The van der Waals surface area contributed by atoms with Gasteiger partial charge in [-0.15, -0.1) is 0 Å². The molecule has 1 fully saturated rings. The largest absolute Gasteiger partial charge is 0.337 e. The number of amides is 1. The maximum absolute atomic E-state index is 13.2. The number of benzene rings is 1. The highest BCUT2D eigenvalue weighted by Gasteiger charge is 2.27. The van der Waals surface area contributed by atoms with Crippen LogP contribution in [0, 0.1) is 11.3 Å². The Morgan fingerprint density at radius 2 is 2.24 bits per heavy atom. The van der Waals surface area contributed by atoms with Crippen molar-refractivity contribution in [1.82, 2.24) is 19.0 Å². The molecule has 25 heavy (non-hydrogen) atoms. The minimum absolute atomic E-state index is 0.0395. The van der Waals surface area contributed by atoms with Crippen molar-refractivity contribution in [1.29, 1.82) is 5.26 Å². The van der Waals surface area contributed by atoms with Crippen LogP contribution in [0.25, 0.3) is 10.9 Å². The summed E-state index contributed by atoms with van der Waals surface area (Å²) in [7, 11) is 0. The zero-order valence-corrected chi connectivity index (χ0v) is 13.9. The predicted molar refractivity (Wildman–Crippen MR) is 94.0 cm³/mol. The standard InChI is InChI=1S/C19H19N5O/c20-7-10-22-13-17(16-5-1-2-6-18(16)22)19(25)23-9-3-4-15(12-23)24-11-8-21-14-24/h1-2,5-6,8,11,13-15H,3-4,9-10,12H2/t15-/m0/s1. The zero-order chi connectivity index (χ0) is 17.2. The Hall–Kier alpha value is -3.07. The lowest BCUT2D eigenvalue weighted by Gasteiger charge is -2.33. The van der Waals surface area contributed by atoms with E-state index in [0.717, 1.165) is 30.3 Å². The van der Waals surface area contributed by atoms with Crippen molar-refractivity contribution in [2.45, 2.75) is 25.4 Å². The summed E-state index contributed by atoms with van der Waals surface area (Å²) in [5.74, 6) is 0.0395. The lowest BCUT2D eigenvalue weighted by molar-refractivity contribution is 0.0681. The average molecular weight is 333 g/mol. The Morgan fingerprint density at radius 3 is 3.04 bits per heavy atom. The smallest absolute Gasteiger partial charge is 0.256 e.